The molecule has 1 fully saturated rings. The van der Waals surface area contributed by atoms with Crippen molar-refractivity contribution in [3.05, 3.63) is 70.8 Å². The zero-order valence-corrected chi connectivity index (χ0v) is 15.5. The summed E-state index contributed by atoms with van der Waals surface area (Å²) in [7, 11) is 0. The molecule has 1 aliphatic rings. The molecule has 3 rings (SSSR count). The van der Waals surface area contributed by atoms with Crippen LogP contribution in [0.25, 0.3) is 0 Å². The third-order valence-corrected chi connectivity index (χ3v) is 5.14. The molecule has 4 nitrogen and oxygen atoms in total. The first-order valence-corrected chi connectivity index (χ1v) is 9.13. The lowest BCUT2D eigenvalue weighted by molar-refractivity contribution is -0.126. The van der Waals surface area contributed by atoms with Gasteiger partial charge >= 0.3 is 0 Å². The highest BCUT2D eigenvalue weighted by Crippen LogP contribution is 2.28. The number of rotatable bonds is 4. The van der Waals surface area contributed by atoms with Crippen LogP contribution in [0, 0.1) is 13.8 Å². The van der Waals surface area contributed by atoms with Crippen LogP contribution in [0.5, 0.6) is 0 Å². The van der Waals surface area contributed by atoms with E-state index in [1.54, 1.807) is 11.1 Å². The summed E-state index contributed by atoms with van der Waals surface area (Å²) >= 11 is 1.46. The maximum absolute atomic E-state index is 12.4. The van der Waals surface area contributed by atoms with Crippen molar-refractivity contribution in [3.63, 3.8) is 0 Å². The second kappa shape index (κ2) is 7.66. The number of benzene rings is 2. The van der Waals surface area contributed by atoms with Gasteiger partial charge in [0.25, 0.3) is 0 Å². The molecule has 0 radical (unpaired) electrons. The Balaban J connectivity index is 1.79. The molecule has 1 saturated heterocycles. The molecule has 0 saturated carbocycles. The SMILES string of the molecule is Cc1ccc(/C=N\N=C2/S[C@@H](C)C(=O)N2Cc2ccccc2)c(C)c1. The summed E-state index contributed by atoms with van der Waals surface area (Å²) in [5.41, 5.74) is 4.50. The summed E-state index contributed by atoms with van der Waals surface area (Å²) in [6, 6.07) is 16.1. The maximum Gasteiger partial charge on any atom is 0.242 e. The van der Waals surface area contributed by atoms with Crippen LogP contribution in [0.15, 0.2) is 58.7 Å². The van der Waals surface area contributed by atoms with Gasteiger partial charge in [-0.2, -0.15) is 5.10 Å². The predicted molar refractivity (Wildman–Crippen MR) is 105 cm³/mol. The Morgan fingerprint density at radius 1 is 1.16 bits per heavy atom. The summed E-state index contributed by atoms with van der Waals surface area (Å²) in [5, 5.41) is 9.07. The Morgan fingerprint density at radius 3 is 2.64 bits per heavy atom. The first-order valence-electron chi connectivity index (χ1n) is 8.25. The van der Waals surface area contributed by atoms with E-state index in [1.165, 1.54) is 17.3 Å². The van der Waals surface area contributed by atoms with Gasteiger partial charge in [0.2, 0.25) is 5.91 Å². The minimum atomic E-state index is -0.126. The number of amides is 1. The minimum absolute atomic E-state index is 0.0781. The number of hydrogen-bond acceptors (Lipinski definition) is 4. The predicted octanol–water partition coefficient (Wildman–Crippen LogP) is 4.16. The lowest BCUT2D eigenvalue weighted by atomic mass is 10.1. The van der Waals surface area contributed by atoms with Crippen LogP contribution >= 0.6 is 11.8 Å². The van der Waals surface area contributed by atoms with Crippen molar-refractivity contribution in [1.82, 2.24) is 4.90 Å². The Labute approximate surface area is 152 Å². The van der Waals surface area contributed by atoms with E-state index in [-0.39, 0.29) is 11.2 Å². The zero-order valence-electron chi connectivity index (χ0n) is 14.6. The summed E-state index contributed by atoms with van der Waals surface area (Å²) in [6.07, 6.45) is 1.75. The Bertz CT molecular complexity index is 830. The van der Waals surface area contributed by atoms with Crippen molar-refractivity contribution in [2.45, 2.75) is 32.6 Å². The van der Waals surface area contributed by atoms with Crippen LogP contribution in [0.3, 0.4) is 0 Å². The Kier molecular flexibility index (Phi) is 5.34. The largest absolute Gasteiger partial charge is 0.284 e. The number of nitrogens with zero attached hydrogens (tertiary/aromatic N) is 3. The highest BCUT2D eigenvalue weighted by Gasteiger charge is 2.35. The van der Waals surface area contributed by atoms with Crippen LogP contribution in [0.2, 0.25) is 0 Å². The summed E-state index contributed by atoms with van der Waals surface area (Å²) in [5.74, 6) is 0.0781. The van der Waals surface area contributed by atoms with E-state index in [2.05, 4.69) is 36.2 Å². The molecular weight excluding hydrogens is 330 g/mol. The smallest absolute Gasteiger partial charge is 0.242 e. The van der Waals surface area contributed by atoms with Gasteiger partial charge in [0.1, 0.15) is 0 Å². The van der Waals surface area contributed by atoms with Gasteiger partial charge < -0.3 is 0 Å². The van der Waals surface area contributed by atoms with Crippen LogP contribution < -0.4 is 0 Å². The molecule has 0 aliphatic carbocycles. The fourth-order valence-electron chi connectivity index (χ4n) is 2.69. The normalized spacial score (nSPS) is 19.3. The highest BCUT2D eigenvalue weighted by molar-refractivity contribution is 8.15. The number of carbonyl (C=O) groups is 1. The standard InChI is InChI=1S/C20H21N3OS/c1-14-9-10-18(15(2)11-14)12-21-22-20-23(19(24)16(3)25-20)13-17-7-5-4-6-8-17/h4-12,16H,13H2,1-3H3/b21-12-,22-20-/t16-/m0/s1. The van der Waals surface area contributed by atoms with E-state index < -0.39 is 0 Å². The zero-order chi connectivity index (χ0) is 17.8. The van der Waals surface area contributed by atoms with E-state index in [1.807, 2.05) is 43.3 Å². The summed E-state index contributed by atoms with van der Waals surface area (Å²) in [6.45, 7) is 6.55. The summed E-state index contributed by atoms with van der Waals surface area (Å²) < 4.78 is 0. The number of amidine groups is 1. The third-order valence-electron chi connectivity index (χ3n) is 4.08. The van der Waals surface area contributed by atoms with E-state index in [0.717, 1.165) is 16.7 Å². The van der Waals surface area contributed by atoms with Crippen molar-refractivity contribution in [2.75, 3.05) is 0 Å². The van der Waals surface area contributed by atoms with E-state index in [4.69, 9.17) is 0 Å². The van der Waals surface area contributed by atoms with Crippen LogP contribution in [0.1, 0.15) is 29.2 Å². The molecule has 5 heteroatoms. The molecule has 25 heavy (non-hydrogen) atoms. The number of carbonyl (C=O) groups excluding carboxylic acids is 1. The van der Waals surface area contributed by atoms with Crippen molar-refractivity contribution in [1.29, 1.82) is 0 Å². The lowest BCUT2D eigenvalue weighted by Gasteiger charge is -2.15. The molecule has 0 bridgehead atoms. The van der Waals surface area contributed by atoms with Crippen molar-refractivity contribution >= 4 is 29.1 Å². The van der Waals surface area contributed by atoms with Gasteiger partial charge in [-0.05, 0) is 37.5 Å². The second-order valence-electron chi connectivity index (χ2n) is 6.16. The molecule has 2 aromatic rings. The Morgan fingerprint density at radius 2 is 1.92 bits per heavy atom. The topological polar surface area (TPSA) is 45.0 Å². The fraction of sp³-hybridized carbons (Fsp3) is 0.250. The van der Waals surface area contributed by atoms with Gasteiger partial charge in [0.15, 0.2) is 5.17 Å². The first kappa shape index (κ1) is 17.4. The van der Waals surface area contributed by atoms with Crippen LogP contribution in [-0.4, -0.2) is 27.4 Å². The van der Waals surface area contributed by atoms with Crippen molar-refractivity contribution in [2.24, 2.45) is 10.2 Å². The van der Waals surface area contributed by atoms with Crippen LogP contribution in [0.4, 0.5) is 0 Å². The molecule has 2 aromatic carbocycles. The molecule has 1 aliphatic heterocycles. The second-order valence-corrected chi connectivity index (χ2v) is 7.47. The van der Waals surface area contributed by atoms with Crippen molar-refractivity contribution in [3.8, 4) is 0 Å². The molecule has 0 aromatic heterocycles. The molecule has 1 heterocycles. The maximum atomic E-state index is 12.4. The average molecular weight is 351 g/mol. The van der Waals surface area contributed by atoms with Gasteiger partial charge in [-0.25, -0.2) is 0 Å². The van der Waals surface area contributed by atoms with Crippen LogP contribution in [-0.2, 0) is 11.3 Å². The molecule has 128 valence electrons. The third kappa shape index (κ3) is 4.17. The Hall–Kier alpha value is -2.40. The van der Waals surface area contributed by atoms with E-state index in [0.29, 0.717) is 11.7 Å². The lowest BCUT2D eigenvalue weighted by Crippen LogP contribution is -2.30. The van der Waals surface area contributed by atoms with Gasteiger partial charge in [-0.15, -0.1) is 5.10 Å². The molecule has 0 spiro atoms. The molecule has 0 N–H and O–H groups in total. The van der Waals surface area contributed by atoms with E-state index >= 15 is 0 Å². The summed E-state index contributed by atoms with van der Waals surface area (Å²) in [4.78, 5) is 14.1. The van der Waals surface area contributed by atoms with Gasteiger partial charge in [0, 0.05) is 0 Å². The van der Waals surface area contributed by atoms with Crippen molar-refractivity contribution < 1.29 is 4.79 Å². The van der Waals surface area contributed by atoms with Gasteiger partial charge in [-0.3, -0.25) is 9.69 Å². The molecular formula is C20H21N3OS. The monoisotopic (exact) mass is 351 g/mol. The average Bonchev–Trinajstić information content (AvgIpc) is 2.86. The van der Waals surface area contributed by atoms with Gasteiger partial charge in [0.05, 0.1) is 18.0 Å². The number of aryl methyl sites for hydroxylation is 2. The first-order chi connectivity index (χ1) is 12.0. The number of thioether (sulfide) groups is 1. The van der Waals surface area contributed by atoms with Gasteiger partial charge in [-0.1, -0.05) is 65.9 Å². The fourth-order valence-corrected chi connectivity index (χ4v) is 3.61. The molecule has 0 unspecified atom stereocenters. The number of hydrogen-bond donors (Lipinski definition) is 0. The minimum Gasteiger partial charge on any atom is -0.284 e. The quantitative estimate of drug-likeness (QED) is 0.613. The molecule has 1 atom stereocenters. The molecule has 1 amide bonds. The highest BCUT2D eigenvalue weighted by atomic mass is 32.2. The van der Waals surface area contributed by atoms with E-state index in [9.17, 15) is 4.79 Å².